The Labute approximate surface area is 136 Å². The molecule has 2 aliphatic heterocycles. The van der Waals surface area contributed by atoms with Crippen LogP contribution in [-0.4, -0.2) is 42.0 Å². The third-order valence-electron chi connectivity index (χ3n) is 3.51. The van der Waals surface area contributed by atoms with E-state index in [0.29, 0.717) is 18.8 Å². The number of nitroso groups, excluding NO2 is 1. The molecule has 1 atom stereocenters. The molecule has 10 heteroatoms. The number of hydrogen-bond acceptors (Lipinski definition) is 9. The lowest BCUT2D eigenvalue weighted by Gasteiger charge is -2.26. The van der Waals surface area contributed by atoms with Crippen molar-refractivity contribution >= 4 is 23.3 Å². The van der Waals surface area contributed by atoms with E-state index in [1.54, 1.807) is 12.1 Å². The molecule has 0 spiro atoms. The minimum absolute atomic E-state index is 0.0445. The number of carboxylic acids is 1. The summed E-state index contributed by atoms with van der Waals surface area (Å²) in [7, 11) is 0. The van der Waals surface area contributed by atoms with Gasteiger partial charge in [0.1, 0.15) is 5.70 Å². The van der Waals surface area contributed by atoms with Crippen LogP contribution >= 0.6 is 0 Å². The number of anilines is 1. The lowest BCUT2D eigenvalue weighted by atomic mass is 10.2. The van der Waals surface area contributed by atoms with Gasteiger partial charge in [0.15, 0.2) is 12.1 Å². The van der Waals surface area contributed by atoms with E-state index < -0.39 is 12.1 Å². The number of aliphatic imine (C=N–C) groups is 2. The molecular formula is C14H15N7O3. The predicted molar refractivity (Wildman–Crippen MR) is 88.7 cm³/mol. The summed E-state index contributed by atoms with van der Waals surface area (Å²) in [6.45, 7) is 0.887. The van der Waals surface area contributed by atoms with Crippen molar-refractivity contribution in [2.45, 2.75) is 6.17 Å². The molecule has 0 radical (unpaired) electrons. The van der Waals surface area contributed by atoms with Crippen LogP contribution in [0.3, 0.4) is 0 Å². The van der Waals surface area contributed by atoms with Gasteiger partial charge in [-0.05, 0) is 29.4 Å². The van der Waals surface area contributed by atoms with Crippen LogP contribution in [-0.2, 0) is 0 Å². The lowest BCUT2D eigenvalue weighted by Crippen LogP contribution is -2.47. The third-order valence-corrected chi connectivity index (χ3v) is 3.51. The summed E-state index contributed by atoms with van der Waals surface area (Å²) in [6.07, 6.45) is -0.488. The Bertz CT molecular complexity index is 767. The molecule has 1 unspecified atom stereocenters. The predicted octanol–water partition coefficient (Wildman–Crippen LogP) is 0.0204. The van der Waals surface area contributed by atoms with E-state index >= 15 is 0 Å². The number of nitrogens with two attached hydrogens (primary N) is 1. The molecule has 0 amide bonds. The van der Waals surface area contributed by atoms with E-state index in [4.69, 9.17) is 10.8 Å². The van der Waals surface area contributed by atoms with Crippen molar-refractivity contribution in [2.75, 3.05) is 18.4 Å². The Morgan fingerprint density at radius 1 is 1.42 bits per heavy atom. The molecule has 2 heterocycles. The SMILES string of the molecule is NC1=NC2NCC(CNc3ccc(C(=O)O)cc3)=NC2=C(N=O)N1. The maximum Gasteiger partial charge on any atom is 0.335 e. The van der Waals surface area contributed by atoms with Crippen molar-refractivity contribution in [3.05, 3.63) is 46.3 Å². The minimum atomic E-state index is -0.973. The van der Waals surface area contributed by atoms with Gasteiger partial charge in [-0.25, -0.2) is 9.79 Å². The highest BCUT2D eigenvalue weighted by atomic mass is 16.4. The van der Waals surface area contributed by atoms with Crippen LogP contribution in [0.4, 0.5) is 5.69 Å². The second kappa shape index (κ2) is 6.46. The van der Waals surface area contributed by atoms with Crippen LogP contribution in [0.25, 0.3) is 0 Å². The van der Waals surface area contributed by atoms with Crippen LogP contribution in [0, 0.1) is 4.91 Å². The fourth-order valence-corrected chi connectivity index (χ4v) is 2.33. The van der Waals surface area contributed by atoms with Gasteiger partial charge in [-0.15, -0.1) is 4.91 Å². The quantitative estimate of drug-likeness (QED) is 0.477. The minimum Gasteiger partial charge on any atom is -0.478 e. The van der Waals surface area contributed by atoms with Crippen molar-refractivity contribution in [1.82, 2.24) is 10.6 Å². The van der Waals surface area contributed by atoms with Crippen molar-refractivity contribution in [3.8, 4) is 0 Å². The van der Waals surface area contributed by atoms with Crippen LogP contribution in [0.1, 0.15) is 10.4 Å². The Kier molecular flexibility index (Phi) is 4.20. The average molecular weight is 329 g/mol. The van der Waals surface area contributed by atoms with E-state index in [0.717, 1.165) is 11.4 Å². The normalized spacial score (nSPS) is 19.6. The number of hydrogen-bond donors (Lipinski definition) is 5. The molecule has 0 aliphatic carbocycles. The zero-order chi connectivity index (χ0) is 17.1. The van der Waals surface area contributed by atoms with Crippen molar-refractivity contribution in [1.29, 1.82) is 0 Å². The summed E-state index contributed by atoms with van der Waals surface area (Å²) in [5.74, 6) is -0.817. The highest BCUT2D eigenvalue weighted by Crippen LogP contribution is 2.18. The summed E-state index contributed by atoms with van der Waals surface area (Å²) < 4.78 is 0. The van der Waals surface area contributed by atoms with Gasteiger partial charge in [-0.3, -0.25) is 10.3 Å². The van der Waals surface area contributed by atoms with Crippen molar-refractivity contribution in [2.24, 2.45) is 20.9 Å². The fourth-order valence-electron chi connectivity index (χ4n) is 2.33. The highest BCUT2D eigenvalue weighted by Gasteiger charge is 2.27. The number of guanidine groups is 1. The van der Waals surface area contributed by atoms with E-state index in [9.17, 15) is 9.70 Å². The molecule has 124 valence electrons. The van der Waals surface area contributed by atoms with Gasteiger partial charge in [-0.2, -0.15) is 0 Å². The molecule has 1 aromatic rings. The Balaban J connectivity index is 1.70. The first kappa shape index (κ1) is 15.6. The van der Waals surface area contributed by atoms with Gasteiger partial charge < -0.3 is 21.5 Å². The van der Waals surface area contributed by atoms with Gasteiger partial charge >= 0.3 is 5.97 Å². The zero-order valence-corrected chi connectivity index (χ0v) is 12.5. The summed E-state index contributed by atoms with van der Waals surface area (Å²) in [4.78, 5) is 30.2. The smallest absolute Gasteiger partial charge is 0.335 e. The molecule has 1 aromatic carbocycles. The standard InChI is InChI=1S/C14H15N7O3/c15-14-19-11-10(12(20-14)21-24)18-9(6-17-11)5-16-8-3-1-7(2-4-8)13(22)23/h1-4,11,16-17H,5-6H2,(H,22,23)(H3,15,19,20). The van der Waals surface area contributed by atoms with E-state index in [-0.39, 0.29) is 17.3 Å². The molecule has 0 bridgehead atoms. The maximum atomic E-state index is 10.9. The van der Waals surface area contributed by atoms with Gasteiger partial charge in [0.05, 0.1) is 17.8 Å². The first-order valence-corrected chi connectivity index (χ1v) is 7.11. The summed E-state index contributed by atoms with van der Waals surface area (Å²) in [5, 5.41) is 20.6. The molecule has 6 N–H and O–H groups in total. The Hall–Kier alpha value is -3.27. The first-order chi connectivity index (χ1) is 11.6. The topological polar surface area (TPSA) is 154 Å². The maximum absolute atomic E-state index is 10.9. The molecule has 0 aromatic heterocycles. The highest BCUT2D eigenvalue weighted by molar-refractivity contribution is 5.93. The number of carbonyl (C=O) groups is 1. The number of fused-ring (bicyclic) bond motifs is 1. The van der Waals surface area contributed by atoms with E-state index in [1.165, 1.54) is 12.1 Å². The van der Waals surface area contributed by atoms with Gasteiger partial charge in [0, 0.05) is 12.2 Å². The molecule has 0 saturated carbocycles. The average Bonchev–Trinajstić information content (AvgIpc) is 2.59. The van der Waals surface area contributed by atoms with Crippen molar-refractivity contribution < 1.29 is 9.90 Å². The van der Waals surface area contributed by atoms with Gasteiger partial charge in [0.2, 0.25) is 5.82 Å². The molecule has 3 rings (SSSR count). The summed E-state index contributed by atoms with van der Waals surface area (Å²) in [5.41, 5.74) is 7.70. The van der Waals surface area contributed by atoms with E-state index in [2.05, 4.69) is 31.1 Å². The number of benzene rings is 1. The molecule has 0 fully saturated rings. The van der Waals surface area contributed by atoms with Gasteiger partial charge in [-0.1, -0.05) is 0 Å². The van der Waals surface area contributed by atoms with Crippen molar-refractivity contribution in [3.63, 3.8) is 0 Å². The fraction of sp³-hybridized carbons (Fsp3) is 0.214. The monoisotopic (exact) mass is 329 g/mol. The third kappa shape index (κ3) is 3.22. The summed E-state index contributed by atoms with van der Waals surface area (Å²) in [6, 6.07) is 6.38. The second-order valence-electron chi connectivity index (χ2n) is 5.16. The molecular weight excluding hydrogens is 314 g/mol. The number of carboxylic acid groups (broad SMARTS) is 1. The largest absolute Gasteiger partial charge is 0.478 e. The molecule has 0 saturated heterocycles. The second-order valence-corrected chi connectivity index (χ2v) is 5.16. The molecule has 24 heavy (non-hydrogen) atoms. The molecule has 2 aliphatic rings. The molecule has 10 nitrogen and oxygen atoms in total. The van der Waals surface area contributed by atoms with Crippen LogP contribution < -0.4 is 21.7 Å². The Morgan fingerprint density at radius 3 is 2.83 bits per heavy atom. The number of nitrogens with one attached hydrogen (secondary N) is 3. The van der Waals surface area contributed by atoms with E-state index in [1.807, 2.05) is 0 Å². The van der Waals surface area contributed by atoms with Crippen LogP contribution in [0.15, 0.2) is 50.9 Å². The summed E-state index contributed by atoms with van der Waals surface area (Å²) >= 11 is 0. The number of aromatic carboxylic acids is 1. The Morgan fingerprint density at radius 2 is 2.17 bits per heavy atom. The number of rotatable bonds is 5. The zero-order valence-electron chi connectivity index (χ0n) is 12.5. The van der Waals surface area contributed by atoms with Gasteiger partial charge in [0.25, 0.3) is 0 Å². The lowest BCUT2D eigenvalue weighted by molar-refractivity contribution is 0.0697. The van der Waals surface area contributed by atoms with Crippen LogP contribution in [0.5, 0.6) is 0 Å². The first-order valence-electron chi connectivity index (χ1n) is 7.11. The van der Waals surface area contributed by atoms with Crippen LogP contribution in [0.2, 0.25) is 0 Å². The number of nitrogens with zero attached hydrogens (tertiary/aromatic N) is 3.